The van der Waals surface area contributed by atoms with E-state index in [2.05, 4.69) is 57.4 Å². The fourth-order valence-corrected chi connectivity index (χ4v) is 4.73. The SMILES string of the molecule is Cc1ccc(CCNC2CCC(NC3N=CC=C(/C=C4\SC(=O)NC4=O)N3)CC2)cc1. The lowest BCUT2D eigenvalue weighted by molar-refractivity contribution is -0.115. The van der Waals surface area contributed by atoms with Crippen LogP contribution in [0.1, 0.15) is 36.8 Å². The Bertz CT molecular complexity index is 901. The summed E-state index contributed by atoms with van der Waals surface area (Å²) in [6.07, 6.45) is 10.6. The number of aryl methyl sites for hydroxylation is 1. The Kier molecular flexibility index (Phi) is 7.21. The summed E-state index contributed by atoms with van der Waals surface area (Å²) in [5.74, 6) is -0.349. The zero-order valence-electron chi connectivity index (χ0n) is 17.7. The molecular formula is C23H29N5O2S. The van der Waals surface area contributed by atoms with E-state index in [4.69, 9.17) is 0 Å². The molecule has 7 nitrogen and oxygen atoms in total. The highest BCUT2D eigenvalue weighted by molar-refractivity contribution is 8.18. The number of nitrogens with one attached hydrogen (secondary N) is 4. The first-order valence-corrected chi connectivity index (χ1v) is 11.7. The maximum Gasteiger partial charge on any atom is 0.290 e. The average molecular weight is 440 g/mol. The molecule has 4 N–H and O–H groups in total. The van der Waals surface area contributed by atoms with E-state index in [1.807, 2.05) is 0 Å². The van der Waals surface area contributed by atoms with Gasteiger partial charge in [-0.1, -0.05) is 29.8 Å². The molecule has 164 valence electrons. The molecule has 2 aliphatic heterocycles. The van der Waals surface area contributed by atoms with E-state index in [1.165, 1.54) is 11.1 Å². The van der Waals surface area contributed by atoms with Crippen LogP contribution in [0, 0.1) is 6.92 Å². The van der Waals surface area contributed by atoms with E-state index in [0.29, 0.717) is 17.0 Å². The van der Waals surface area contributed by atoms with Gasteiger partial charge in [0.1, 0.15) is 0 Å². The van der Waals surface area contributed by atoms with Crippen LogP contribution in [-0.4, -0.2) is 42.3 Å². The summed E-state index contributed by atoms with van der Waals surface area (Å²) in [5.41, 5.74) is 3.45. The van der Waals surface area contributed by atoms with Crippen molar-refractivity contribution in [3.05, 3.63) is 58.1 Å². The van der Waals surface area contributed by atoms with Gasteiger partial charge in [-0.25, -0.2) is 0 Å². The largest absolute Gasteiger partial charge is 0.351 e. The molecule has 2 fully saturated rings. The van der Waals surface area contributed by atoms with Crippen molar-refractivity contribution in [2.24, 2.45) is 4.99 Å². The van der Waals surface area contributed by atoms with E-state index in [9.17, 15) is 9.59 Å². The lowest BCUT2D eigenvalue weighted by Crippen LogP contribution is -2.49. The van der Waals surface area contributed by atoms with E-state index in [-0.39, 0.29) is 17.4 Å². The van der Waals surface area contributed by atoms with Gasteiger partial charge in [0.25, 0.3) is 11.1 Å². The summed E-state index contributed by atoms with van der Waals surface area (Å²) >= 11 is 0.919. The van der Waals surface area contributed by atoms with Crippen molar-refractivity contribution in [3.63, 3.8) is 0 Å². The molecule has 1 unspecified atom stereocenters. The zero-order chi connectivity index (χ0) is 21.6. The number of carbonyl (C=O) groups is 2. The quantitative estimate of drug-likeness (QED) is 0.488. The first kappa shape index (κ1) is 21.8. The molecule has 1 aromatic rings. The number of benzene rings is 1. The molecule has 1 aliphatic carbocycles. The third-order valence-corrected chi connectivity index (χ3v) is 6.62. The van der Waals surface area contributed by atoms with Gasteiger partial charge in [-0.3, -0.25) is 25.2 Å². The van der Waals surface area contributed by atoms with Crippen LogP contribution < -0.4 is 21.3 Å². The first-order chi connectivity index (χ1) is 15.0. The Morgan fingerprint density at radius 3 is 2.58 bits per heavy atom. The number of allylic oxidation sites excluding steroid dienone is 2. The van der Waals surface area contributed by atoms with Crippen LogP contribution in [0.3, 0.4) is 0 Å². The second-order valence-electron chi connectivity index (χ2n) is 8.22. The molecule has 0 radical (unpaired) electrons. The third kappa shape index (κ3) is 6.29. The molecule has 4 rings (SSSR count). The van der Waals surface area contributed by atoms with Gasteiger partial charge in [-0.15, -0.1) is 0 Å². The Hall–Kier alpha value is -2.42. The molecular weight excluding hydrogens is 410 g/mol. The molecule has 3 aliphatic rings. The number of aliphatic imine (C=N–C) groups is 1. The summed E-state index contributed by atoms with van der Waals surface area (Å²) in [5, 5.41) is 12.5. The van der Waals surface area contributed by atoms with Crippen molar-refractivity contribution >= 4 is 29.1 Å². The second-order valence-corrected chi connectivity index (χ2v) is 9.24. The van der Waals surface area contributed by atoms with Gasteiger partial charge >= 0.3 is 0 Å². The molecule has 2 heterocycles. The van der Waals surface area contributed by atoms with Crippen LogP contribution in [-0.2, 0) is 11.2 Å². The maximum absolute atomic E-state index is 11.7. The molecule has 1 atom stereocenters. The predicted octanol–water partition coefficient (Wildman–Crippen LogP) is 2.74. The van der Waals surface area contributed by atoms with E-state index in [0.717, 1.165) is 56.1 Å². The zero-order valence-corrected chi connectivity index (χ0v) is 18.5. The van der Waals surface area contributed by atoms with Crippen molar-refractivity contribution in [3.8, 4) is 0 Å². The summed E-state index contributed by atoms with van der Waals surface area (Å²) in [6.45, 7) is 3.13. The van der Waals surface area contributed by atoms with Crippen molar-refractivity contribution in [2.45, 2.75) is 57.4 Å². The minimum atomic E-state index is -0.349. The summed E-state index contributed by atoms with van der Waals surface area (Å²) in [6, 6.07) is 9.75. The number of hydrogen-bond donors (Lipinski definition) is 4. The molecule has 1 saturated heterocycles. The molecule has 31 heavy (non-hydrogen) atoms. The number of thioether (sulfide) groups is 1. The number of rotatable bonds is 7. The molecule has 1 aromatic carbocycles. The highest BCUT2D eigenvalue weighted by Gasteiger charge is 2.26. The molecule has 0 bridgehead atoms. The Labute approximate surface area is 187 Å². The lowest BCUT2D eigenvalue weighted by atomic mass is 9.91. The number of hydrogen-bond acceptors (Lipinski definition) is 7. The van der Waals surface area contributed by atoms with Crippen molar-refractivity contribution in [1.82, 2.24) is 21.3 Å². The summed E-state index contributed by atoms with van der Waals surface area (Å²) in [7, 11) is 0. The highest BCUT2D eigenvalue weighted by Crippen LogP contribution is 2.24. The highest BCUT2D eigenvalue weighted by atomic mass is 32.2. The Balaban J connectivity index is 1.17. The second kappa shape index (κ2) is 10.3. The molecule has 0 aromatic heterocycles. The van der Waals surface area contributed by atoms with Crippen LogP contribution in [0.2, 0.25) is 0 Å². The van der Waals surface area contributed by atoms with E-state index in [1.54, 1.807) is 18.4 Å². The van der Waals surface area contributed by atoms with Crippen molar-refractivity contribution < 1.29 is 9.59 Å². The van der Waals surface area contributed by atoms with Gasteiger partial charge in [0.2, 0.25) is 0 Å². The fraction of sp³-hybridized carbons (Fsp3) is 0.435. The fourth-order valence-electron chi connectivity index (χ4n) is 4.05. The van der Waals surface area contributed by atoms with Crippen LogP contribution in [0.25, 0.3) is 0 Å². The normalized spacial score (nSPS) is 27.2. The standard InChI is InChI=1S/C23H29N5O2S/c1-15-2-4-16(5-3-15)10-12-24-17-6-8-18(9-7-17)26-22-25-13-11-19(27-22)14-20-21(29)28-23(30)31-20/h2-5,11,13-14,17-18,22,24,26-27H,6-10,12H2,1H3,(H,28,29,30)/b20-14-. The van der Waals surface area contributed by atoms with Gasteiger partial charge in [-0.2, -0.15) is 0 Å². The third-order valence-electron chi connectivity index (χ3n) is 5.81. The van der Waals surface area contributed by atoms with Crippen LogP contribution in [0.4, 0.5) is 4.79 Å². The molecule has 2 amide bonds. The first-order valence-electron chi connectivity index (χ1n) is 10.8. The van der Waals surface area contributed by atoms with Crippen LogP contribution in [0.15, 0.2) is 52.0 Å². The minimum absolute atomic E-state index is 0.224. The minimum Gasteiger partial charge on any atom is -0.351 e. The van der Waals surface area contributed by atoms with Gasteiger partial charge < -0.3 is 10.6 Å². The van der Waals surface area contributed by atoms with Gasteiger partial charge in [0, 0.05) is 24.0 Å². The van der Waals surface area contributed by atoms with Gasteiger partial charge in [0.15, 0.2) is 6.29 Å². The number of nitrogens with zero attached hydrogens (tertiary/aromatic N) is 1. The Morgan fingerprint density at radius 2 is 1.87 bits per heavy atom. The number of amides is 2. The maximum atomic E-state index is 11.7. The average Bonchev–Trinajstić information content (AvgIpc) is 3.07. The monoisotopic (exact) mass is 439 g/mol. The number of carbonyl (C=O) groups excluding carboxylic acids is 2. The van der Waals surface area contributed by atoms with Crippen LogP contribution in [0.5, 0.6) is 0 Å². The predicted molar refractivity (Wildman–Crippen MR) is 125 cm³/mol. The number of imide groups is 1. The van der Waals surface area contributed by atoms with Crippen LogP contribution >= 0.6 is 11.8 Å². The summed E-state index contributed by atoms with van der Waals surface area (Å²) in [4.78, 5) is 27.9. The Morgan fingerprint density at radius 1 is 1.13 bits per heavy atom. The van der Waals surface area contributed by atoms with Gasteiger partial charge in [-0.05, 0) is 75.0 Å². The smallest absolute Gasteiger partial charge is 0.290 e. The van der Waals surface area contributed by atoms with Gasteiger partial charge in [0.05, 0.1) is 4.91 Å². The topological polar surface area (TPSA) is 94.6 Å². The van der Waals surface area contributed by atoms with E-state index < -0.39 is 0 Å². The molecule has 0 spiro atoms. The lowest BCUT2D eigenvalue weighted by Gasteiger charge is -2.32. The van der Waals surface area contributed by atoms with Crippen molar-refractivity contribution in [2.75, 3.05) is 6.54 Å². The van der Waals surface area contributed by atoms with Crippen molar-refractivity contribution in [1.29, 1.82) is 0 Å². The molecule has 8 heteroatoms. The molecule has 1 saturated carbocycles. The summed E-state index contributed by atoms with van der Waals surface area (Å²) < 4.78 is 0. The van der Waals surface area contributed by atoms with E-state index >= 15 is 0 Å².